The molecule has 0 bridgehead atoms. The Bertz CT molecular complexity index is 363. The van der Waals surface area contributed by atoms with E-state index in [0.29, 0.717) is 18.9 Å². The lowest BCUT2D eigenvalue weighted by Gasteiger charge is -2.14. The predicted octanol–water partition coefficient (Wildman–Crippen LogP) is 3.48. The van der Waals surface area contributed by atoms with Crippen LogP contribution >= 0.6 is 0 Å². The van der Waals surface area contributed by atoms with Gasteiger partial charge in [0.1, 0.15) is 0 Å². The average molecular weight is 296 g/mol. The molecule has 0 amide bonds. The van der Waals surface area contributed by atoms with Crippen molar-refractivity contribution in [1.29, 1.82) is 0 Å². The van der Waals surface area contributed by atoms with E-state index >= 15 is 0 Å². The van der Waals surface area contributed by atoms with Gasteiger partial charge in [-0.1, -0.05) is 39.5 Å². The van der Waals surface area contributed by atoms with Crippen LogP contribution in [0.4, 0.5) is 0 Å². The Morgan fingerprint density at radius 2 is 1.76 bits per heavy atom. The Kier molecular flexibility index (Phi) is 11.4. The zero-order chi connectivity index (χ0) is 16.1. The highest BCUT2D eigenvalue weighted by atomic mass is 16.5. The minimum atomic E-state index is -0.343. The molecule has 120 valence electrons. The molecule has 21 heavy (non-hydrogen) atoms. The van der Waals surface area contributed by atoms with Crippen molar-refractivity contribution in [2.45, 2.75) is 72.3 Å². The second-order valence-electron chi connectivity index (χ2n) is 5.36. The molecule has 0 rings (SSSR count). The summed E-state index contributed by atoms with van der Waals surface area (Å²) in [7, 11) is 0. The monoisotopic (exact) mass is 296 g/mol. The summed E-state index contributed by atoms with van der Waals surface area (Å²) in [4.78, 5) is 23.0. The number of esters is 2. The van der Waals surface area contributed by atoms with Gasteiger partial charge in [0.05, 0.1) is 6.61 Å². The van der Waals surface area contributed by atoms with Gasteiger partial charge in [0.2, 0.25) is 0 Å². The Labute approximate surface area is 128 Å². The van der Waals surface area contributed by atoms with Crippen LogP contribution in [0.5, 0.6) is 0 Å². The smallest absolute Gasteiger partial charge is 0.307 e. The van der Waals surface area contributed by atoms with Gasteiger partial charge in [-0.15, -0.1) is 0 Å². The van der Waals surface area contributed by atoms with Crippen LogP contribution in [-0.4, -0.2) is 24.6 Å². The highest BCUT2D eigenvalue weighted by Gasteiger charge is 2.14. The van der Waals surface area contributed by atoms with Gasteiger partial charge in [-0.3, -0.25) is 9.59 Å². The Morgan fingerprint density at radius 1 is 1.10 bits per heavy atom. The van der Waals surface area contributed by atoms with Crippen molar-refractivity contribution < 1.29 is 19.1 Å². The first kappa shape index (κ1) is 19.5. The number of carbonyl (C=O) groups is 2. The minimum absolute atomic E-state index is 0.226. The summed E-state index contributed by atoms with van der Waals surface area (Å²) in [5.74, 6) is 5.79. The van der Waals surface area contributed by atoms with E-state index in [1.165, 1.54) is 0 Å². The van der Waals surface area contributed by atoms with E-state index in [1.807, 2.05) is 13.8 Å². The van der Waals surface area contributed by atoms with Crippen molar-refractivity contribution in [3.63, 3.8) is 0 Å². The van der Waals surface area contributed by atoms with Gasteiger partial charge < -0.3 is 9.47 Å². The Balaban J connectivity index is 4.05. The molecule has 0 aliphatic carbocycles. The normalized spacial score (nSPS) is 11.5. The quantitative estimate of drug-likeness (QED) is 0.483. The van der Waals surface area contributed by atoms with E-state index in [4.69, 9.17) is 9.47 Å². The molecule has 0 saturated heterocycles. The highest BCUT2D eigenvalue weighted by Crippen LogP contribution is 2.10. The molecule has 1 atom stereocenters. The molecule has 0 aromatic heterocycles. The van der Waals surface area contributed by atoms with Crippen LogP contribution in [-0.2, 0) is 19.1 Å². The van der Waals surface area contributed by atoms with E-state index in [-0.39, 0.29) is 30.9 Å². The fourth-order valence-electron chi connectivity index (χ4n) is 1.66. The lowest BCUT2D eigenvalue weighted by molar-refractivity contribution is -0.147. The van der Waals surface area contributed by atoms with Crippen LogP contribution in [0, 0.1) is 17.8 Å². The molecule has 1 unspecified atom stereocenters. The first-order valence-corrected chi connectivity index (χ1v) is 7.83. The minimum Gasteiger partial charge on any atom is -0.466 e. The summed E-state index contributed by atoms with van der Waals surface area (Å²) < 4.78 is 10.3. The maximum absolute atomic E-state index is 11.8. The van der Waals surface area contributed by atoms with E-state index in [9.17, 15) is 9.59 Å². The fourth-order valence-corrected chi connectivity index (χ4v) is 1.66. The molecule has 0 heterocycles. The van der Waals surface area contributed by atoms with Crippen LogP contribution in [0.25, 0.3) is 0 Å². The number of carbonyl (C=O) groups excluding carboxylic acids is 2. The fraction of sp³-hybridized carbons (Fsp3) is 0.765. The summed E-state index contributed by atoms with van der Waals surface area (Å²) in [5, 5.41) is 0. The van der Waals surface area contributed by atoms with Gasteiger partial charge in [-0.25, -0.2) is 0 Å². The maximum atomic E-state index is 11.8. The summed E-state index contributed by atoms with van der Waals surface area (Å²) in [6.45, 7) is 8.47. The van der Waals surface area contributed by atoms with Gasteiger partial charge in [0, 0.05) is 19.3 Å². The lowest BCUT2D eigenvalue weighted by atomic mass is 10.1. The van der Waals surface area contributed by atoms with Crippen LogP contribution in [0.15, 0.2) is 0 Å². The van der Waals surface area contributed by atoms with Crippen LogP contribution in [0.3, 0.4) is 0 Å². The first-order valence-electron chi connectivity index (χ1n) is 7.83. The Hall–Kier alpha value is -1.50. The van der Waals surface area contributed by atoms with Crippen LogP contribution in [0.2, 0.25) is 0 Å². The topological polar surface area (TPSA) is 52.6 Å². The predicted molar refractivity (Wildman–Crippen MR) is 82.5 cm³/mol. The van der Waals surface area contributed by atoms with Crippen molar-refractivity contribution in [3.8, 4) is 11.8 Å². The zero-order valence-electron chi connectivity index (χ0n) is 13.7. The van der Waals surface area contributed by atoms with Crippen LogP contribution < -0.4 is 0 Å². The SMILES string of the molecule is CCC#CC(CC(C)C)OC(=O)CCCC(=O)OCCC. The van der Waals surface area contributed by atoms with Crippen molar-refractivity contribution in [3.05, 3.63) is 0 Å². The summed E-state index contributed by atoms with van der Waals surface area (Å²) in [5.41, 5.74) is 0. The number of ether oxygens (including phenoxy) is 2. The standard InChI is InChI=1S/C17H28O4/c1-5-7-9-15(13-14(3)4)21-17(19)11-8-10-16(18)20-12-6-2/h14-15H,5-6,8,10-13H2,1-4H3. The van der Waals surface area contributed by atoms with Gasteiger partial charge in [0.25, 0.3) is 0 Å². The molecular weight excluding hydrogens is 268 g/mol. The third kappa shape index (κ3) is 12.0. The summed E-state index contributed by atoms with van der Waals surface area (Å²) in [6.07, 6.45) is 2.88. The molecule has 0 aromatic carbocycles. The zero-order valence-corrected chi connectivity index (χ0v) is 13.7. The van der Waals surface area contributed by atoms with Crippen molar-refractivity contribution >= 4 is 11.9 Å². The van der Waals surface area contributed by atoms with Crippen LogP contribution in [0.1, 0.15) is 66.2 Å². The molecule has 0 aliphatic heterocycles. The lowest BCUT2D eigenvalue weighted by Crippen LogP contribution is -2.19. The molecule has 0 saturated carbocycles. The molecule has 0 aromatic rings. The maximum Gasteiger partial charge on any atom is 0.307 e. The molecule has 0 fully saturated rings. The largest absolute Gasteiger partial charge is 0.466 e. The molecule has 0 radical (unpaired) electrons. The van der Waals surface area contributed by atoms with E-state index in [2.05, 4.69) is 25.7 Å². The van der Waals surface area contributed by atoms with Crippen molar-refractivity contribution in [2.75, 3.05) is 6.61 Å². The second-order valence-corrected chi connectivity index (χ2v) is 5.36. The summed E-state index contributed by atoms with van der Waals surface area (Å²) >= 11 is 0. The van der Waals surface area contributed by atoms with Gasteiger partial charge in [-0.2, -0.15) is 0 Å². The molecule has 0 aliphatic rings. The number of hydrogen-bond donors (Lipinski definition) is 0. The molecular formula is C17H28O4. The van der Waals surface area contributed by atoms with Gasteiger partial charge in [-0.05, 0) is 25.2 Å². The van der Waals surface area contributed by atoms with E-state index in [0.717, 1.165) is 19.3 Å². The van der Waals surface area contributed by atoms with Gasteiger partial charge >= 0.3 is 11.9 Å². The van der Waals surface area contributed by atoms with Crippen molar-refractivity contribution in [2.24, 2.45) is 5.92 Å². The number of rotatable bonds is 9. The molecule has 0 spiro atoms. The average Bonchev–Trinajstić information content (AvgIpc) is 2.41. The summed E-state index contributed by atoms with van der Waals surface area (Å²) in [6, 6.07) is 0. The van der Waals surface area contributed by atoms with Gasteiger partial charge in [0.15, 0.2) is 6.10 Å². The second kappa shape index (κ2) is 12.3. The molecule has 4 nitrogen and oxygen atoms in total. The van der Waals surface area contributed by atoms with E-state index < -0.39 is 0 Å². The van der Waals surface area contributed by atoms with E-state index in [1.54, 1.807) is 0 Å². The number of hydrogen-bond acceptors (Lipinski definition) is 4. The van der Waals surface area contributed by atoms with Crippen molar-refractivity contribution in [1.82, 2.24) is 0 Å². The first-order chi connectivity index (χ1) is 9.99. The molecule has 4 heteroatoms. The Morgan fingerprint density at radius 3 is 2.33 bits per heavy atom. The third-order valence-electron chi connectivity index (χ3n) is 2.63. The highest BCUT2D eigenvalue weighted by molar-refractivity contribution is 5.72. The third-order valence-corrected chi connectivity index (χ3v) is 2.63. The molecule has 0 N–H and O–H groups in total.